The smallest absolute Gasteiger partial charge is 0.341 e. The van der Waals surface area contributed by atoms with Crippen LogP contribution in [0.2, 0.25) is 10.3 Å². The van der Waals surface area contributed by atoms with Crippen LogP contribution in [0.5, 0.6) is 5.75 Å². The lowest BCUT2D eigenvalue weighted by atomic mass is 10.3. The fraction of sp³-hybridized carbons (Fsp3) is 0.0833. The predicted octanol–water partition coefficient (Wildman–Crippen LogP) is 3.60. The largest absolute Gasteiger partial charge is 0.481 e. The molecule has 0 unspecified atom stereocenters. The Morgan fingerprint density at radius 1 is 1.43 bits per heavy atom. The maximum atomic E-state index is 10.5. The molecule has 0 amide bonds. The number of halogens is 3. The molecule has 0 aliphatic rings. The maximum absolute atomic E-state index is 10.5. The number of hydrogen-bond acceptors (Lipinski definition) is 5. The lowest BCUT2D eigenvalue weighted by Crippen LogP contribution is -2.10. The first kappa shape index (κ1) is 16.1. The van der Waals surface area contributed by atoms with E-state index in [0.29, 0.717) is 22.3 Å². The third-order valence-corrected chi connectivity index (χ3v) is 3.56. The van der Waals surface area contributed by atoms with Crippen LogP contribution >= 0.6 is 45.8 Å². The van der Waals surface area contributed by atoms with Gasteiger partial charge in [0.25, 0.3) is 0 Å². The van der Waals surface area contributed by atoms with E-state index < -0.39 is 12.6 Å². The third kappa shape index (κ3) is 4.58. The van der Waals surface area contributed by atoms with Gasteiger partial charge in [-0.2, -0.15) is 4.98 Å². The van der Waals surface area contributed by atoms with Gasteiger partial charge in [-0.15, -0.1) is 0 Å². The second kappa shape index (κ2) is 7.10. The fourth-order valence-corrected chi connectivity index (χ4v) is 2.35. The quantitative estimate of drug-likeness (QED) is 0.547. The summed E-state index contributed by atoms with van der Waals surface area (Å²) in [4.78, 5) is 18.2. The Balaban J connectivity index is 2.16. The first-order chi connectivity index (χ1) is 9.95. The number of nitrogens with one attached hydrogen (secondary N) is 1. The molecule has 6 nitrogen and oxygen atoms in total. The fourth-order valence-electron chi connectivity index (χ4n) is 1.41. The molecule has 0 atom stereocenters. The van der Waals surface area contributed by atoms with Gasteiger partial charge in [-0.3, -0.25) is 0 Å². The van der Waals surface area contributed by atoms with Crippen LogP contribution in [0.4, 0.5) is 11.5 Å². The monoisotopic (exact) mass is 439 g/mol. The lowest BCUT2D eigenvalue weighted by molar-refractivity contribution is -0.139. The highest BCUT2D eigenvalue weighted by Gasteiger charge is 2.08. The van der Waals surface area contributed by atoms with E-state index in [0.717, 1.165) is 3.57 Å². The van der Waals surface area contributed by atoms with Crippen molar-refractivity contribution < 1.29 is 14.6 Å². The maximum Gasteiger partial charge on any atom is 0.341 e. The lowest BCUT2D eigenvalue weighted by Gasteiger charge is -2.10. The summed E-state index contributed by atoms with van der Waals surface area (Å²) in [6.45, 7) is -0.393. The number of nitrogens with zero attached hydrogens (tertiary/aromatic N) is 2. The Labute approximate surface area is 143 Å². The molecule has 1 aromatic heterocycles. The minimum absolute atomic E-state index is 0.0815. The van der Waals surface area contributed by atoms with Crippen molar-refractivity contribution in [2.45, 2.75) is 0 Å². The molecule has 21 heavy (non-hydrogen) atoms. The molecule has 0 radical (unpaired) electrons. The summed E-state index contributed by atoms with van der Waals surface area (Å²) >= 11 is 13.7. The highest BCUT2D eigenvalue weighted by Crippen LogP contribution is 2.28. The van der Waals surface area contributed by atoms with Crippen LogP contribution in [0, 0.1) is 3.57 Å². The van der Waals surface area contributed by atoms with Gasteiger partial charge >= 0.3 is 5.97 Å². The van der Waals surface area contributed by atoms with Crippen LogP contribution in [-0.4, -0.2) is 27.7 Å². The Morgan fingerprint density at radius 2 is 2.19 bits per heavy atom. The molecule has 1 aromatic carbocycles. The standard InChI is InChI=1S/C12H8Cl2IN3O3/c13-7-4-16-12(14)18-11(7)17-6-1-2-9(8(15)3-6)21-5-10(19)20/h1-4H,5H2,(H,19,20)(H,16,17,18). The van der Waals surface area contributed by atoms with E-state index in [1.165, 1.54) is 6.20 Å². The number of carbonyl (C=O) groups is 1. The van der Waals surface area contributed by atoms with Crippen LogP contribution in [0.3, 0.4) is 0 Å². The van der Waals surface area contributed by atoms with Gasteiger partial charge in [-0.05, 0) is 52.4 Å². The van der Waals surface area contributed by atoms with Crippen LogP contribution in [-0.2, 0) is 4.79 Å². The number of hydrogen-bond donors (Lipinski definition) is 2. The average molecular weight is 440 g/mol. The van der Waals surface area contributed by atoms with Crippen molar-refractivity contribution in [3.8, 4) is 5.75 Å². The average Bonchev–Trinajstić information content (AvgIpc) is 2.42. The Morgan fingerprint density at radius 3 is 2.86 bits per heavy atom. The predicted molar refractivity (Wildman–Crippen MR) is 87.6 cm³/mol. The van der Waals surface area contributed by atoms with Crippen LogP contribution in [0.25, 0.3) is 0 Å². The molecule has 2 rings (SSSR count). The summed E-state index contributed by atoms with van der Waals surface area (Å²) in [5.74, 6) is -0.169. The Hall–Kier alpha value is -1.32. The number of carboxylic acid groups (broad SMARTS) is 1. The molecule has 0 aliphatic heterocycles. The topological polar surface area (TPSA) is 84.3 Å². The molecule has 0 spiro atoms. The SMILES string of the molecule is O=C(O)COc1ccc(Nc2nc(Cl)ncc2Cl)cc1I. The number of anilines is 2. The summed E-state index contributed by atoms with van der Waals surface area (Å²) in [5.41, 5.74) is 0.707. The highest BCUT2D eigenvalue weighted by atomic mass is 127. The van der Waals surface area contributed by atoms with Gasteiger partial charge < -0.3 is 15.2 Å². The van der Waals surface area contributed by atoms with Gasteiger partial charge in [0.2, 0.25) is 5.28 Å². The molecule has 0 saturated carbocycles. The summed E-state index contributed by atoms with van der Waals surface area (Å²) in [7, 11) is 0. The zero-order valence-electron chi connectivity index (χ0n) is 10.3. The van der Waals surface area contributed by atoms with Crippen molar-refractivity contribution in [1.29, 1.82) is 0 Å². The number of rotatable bonds is 5. The number of benzene rings is 1. The van der Waals surface area contributed by atoms with Gasteiger partial charge in [0.05, 0.1) is 9.77 Å². The van der Waals surface area contributed by atoms with Gasteiger partial charge in [0.15, 0.2) is 12.4 Å². The van der Waals surface area contributed by atoms with E-state index in [2.05, 4.69) is 15.3 Å². The van der Waals surface area contributed by atoms with Crippen molar-refractivity contribution >= 4 is 63.3 Å². The highest BCUT2D eigenvalue weighted by molar-refractivity contribution is 14.1. The van der Waals surface area contributed by atoms with Crippen LogP contribution in [0.1, 0.15) is 0 Å². The van der Waals surface area contributed by atoms with E-state index >= 15 is 0 Å². The van der Waals surface area contributed by atoms with E-state index in [4.69, 9.17) is 33.0 Å². The van der Waals surface area contributed by atoms with Crippen molar-refractivity contribution in [2.24, 2.45) is 0 Å². The van der Waals surface area contributed by atoms with Crippen molar-refractivity contribution in [2.75, 3.05) is 11.9 Å². The molecule has 2 N–H and O–H groups in total. The molecular weight excluding hydrogens is 432 g/mol. The number of carboxylic acids is 1. The molecule has 110 valence electrons. The van der Waals surface area contributed by atoms with Gasteiger partial charge in [0.1, 0.15) is 10.8 Å². The van der Waals surface area contributed by atoms with E-state index in [9.17, 15) is 4.79 Å². The number of ether oxygens (including phenoxy) is 1. The molecule has 0 saturated heterocycles. The molecule has 0 aliphatic carbocycles. The summed E-state index contributed by atoms with van der Waals surface area (Å²) in [6.07, 6.45) is 1.40. The second-order valence-corrected chi connectivity index (χ2v) is 5.70. The molecule has 0 fully saturated rings. The number of aromatic nitrogens is 2. The molecule has 9 heteroatoms. The molecule has 0 bridgehead atoms. The number of aliphatic carboxylic acids is 1. The summed E-state index contributed by atoms with van der Waals surface area (Å²) < 4.78 is 5.88. The van der Waals surface area contributed by atoms with Crippen LogP contribution < -0.4 is 10.1 Å². The third-order valence-electron chi connectivity index (χ3n) is 2.26. The van der Waals surface area contributed by atoms with Gasteiger partial charge in [-0.25, -0.2) is 9.78 Å². The minimum Gasteiger partial charge on any atom is -0.481 e. The Kier molecular flexibility index (Phi) is 5.43. The molecule has 2 aromatic rings. The van der Waals surface area contributed by atoms with E-state index in [1.54, 1.807) is 18.2 Å². The second-order valence-electron chi connectivity index (χ2n) is 3.79. The summed E-state index contributed by atoms with van der Waals surface area (Å²) in [5, 5.41) is 12.0. The van der Waals surface area contributed by atoms with Crippen LogP contribution in [0.15, 0.2) is 24.4 Å². The van der Waals surface area contributed by atoms with Crippen molar-refractivity contribution in [3.05, 3.63) is 38.3 Å². The van der Waals surface area contributed by atoms with E-state index in [1.807, 2.05) is 22.6 Å². The zero-order chi connectivity index (χ0) is 15.4. The van der Waals surface area contributed by atoms with Crippen molar-refractivity contribution in [1.82, 2.24) is 9.97 Å². The molecule has 1 heterocycles. The van der Waals surface area contributed by atoms with E-state index in [-0.39, 0.29) is 5.28 Å². The van der Waals surface area contributed by atoms with Gasteiger partial charge in [0, 0.05) is 5.69 Å². The molecular formula is C12H8Cl2IN3O3. The first-order valence-electron chi connectivity index (χ1n) is 5.55. The minimum atomic E-state index is -1.03. The summed E-state index contributed by atoms with van der Waals surface area (Å²) in [6, 6.07) is 5.14. The van der Waals surface area contributed by atoms with Gasteiger partial charge in [-0.1, -0.05) is 11.6 Å². The zero-order valence-corrected chi connectivity index (χ0v) is 14.0. The normalized spacial score (nSPS) is 10.2. The first-order valence-corrected chi connectivity index (χ1v) is 7.38. The Bertz CT molecular complexity index is 685. The van der Waals surface area contributed by atoms with Crippen molar-refractivity contribution in [3.63, 3.8) is 0 Å².